The van der Waals surface area contributed by atoms with Gasteiger partial charge in [-0.1, -0.05) is 68.5 Å². The smallest absolute Gasteiger partial charge is 0.457 e. The molecule has 8 aromatic carbocycles. The lowest BCUT2D eigenvalue weighted by Crippen LogP contribution is -2.76. The second-order valence-electron chi connectivity index (χ2n) is 19.5. The molecule has 12 nitrogen and oxygen atoms in total. The summed E-state index contributed by atoms with van der Waals surface area (Å²) in [7, 11) is 0. The molecule has 0 fully saturated rings. The van der Waals surface area contributed by atoms with Crippen LogP contribution in [0.5, 0.6) is 46.0 Å². The van der Waals surface area contributed by atoms with Gasteiger partial charge in [-0.05, 0) is 171 Å². The fourth-order valence-corrected chi connectivity index (χ4v) is 11.5. The molecule has 0 aliphatic carbocycles. The Morgan fingerprint density at radius 2 is 0.534 bits per heavy atom. The summed E-state index contributed by atoms with van der Waals surface area (Å²) in [6.07, 6.45) is 0. The van der Waals surface area contributed by atoms with Crippen LogP contribution in [0.25, 0.3) is 0 Å². The largest absolute Gasteiger partial charge is 0.491 e. The van der Waals surface area contributed by atoms with Gasteiger partial charge in [0.1, 0.15) is 46.0 Å². The molecule has 8 aliphatic rings. The number of hydrogen-bond donors (Lipinski definition) is 0. The number of aliphatic imine (C=N–C) groups is 4. The van der Waals surface area contributed by atoms with Crippen molar-refractivity contribution in [3.8, 4) is 46.0 Å². The highest BCUT2D eigenvalue weighted by molar-refractivity contribution is 6.30. The van der Waals surface area contributed by atoms with E-state index in [2.05, 4.69) is 119 Å². The van der Waals surface area contributed by atoms with Crippen LogP contribution in [-0.4, -0.2) is 70.9 Å². The van der Waals surface area contributed by atoms with Crippen LogP contribution in [0.4, 0.5) is 0 Å². The van der Waals surface area contributed by atoms with E-state index in [1.807, 2.05) is 97.1 Å². The fraction of sp³-hybridized carbons (Fsp3) is 0.0820. The molecule has 344 valence electrons. The highest BCUT2D eigenvalue weighted by atomic mass is 16.5. The SMILES string of the molecule is Cc1cccc(Oc2ccc3c(c2)C2=NC4=[N+]5C(=NC6=[N+]7C(=NC8=[N+]9C(=NC3=[N+]2[C@]597)c2ccc(Oc3cccc(C)c3)cc28)c2ccc(Oc3cccc(C)c3)cc26)c2ccc(Oc3cccc(C)c3)cc24)c1. The minimum atomic E-state index is -1.27. The van der Waals surface area contributed by atoms with Crippen molar-refractivity contribution in [2.24, 2.45) is 20.0 Å². The third kappa shape index (κ3) is 5.54. The predicted octanol–water partition coefficient (Wildman–Crippen LogP) is 10.9. The average molecular weight is 949 g/mol. The molecule has 0 amide bonds. The van der Waals surface area contributed by atoms with Crippen molar-refractivity contribution in [2.75, 3.05) is 0 Å². The molecule has 8 heterocycles. The summed E-state index contributed by atoms with van der Waals surface area (Å²) in [5, 5.41) is 0. The van der Waals surface area contributed by atoms with Crippen molar-refractivity contribution in [3.05, 3.63) is 237 Å². The average Bonchev–Trinajstić information content (AvgIpc) is 4.31. The molecule has 0 bridgehead atoms. The van der Waals surface area contributed by atoms with Crippen molar-refractivity contribution in [1.29, 1.82) is 0 Å². The topological polar surface area (TPSA) is 98.4 Å². The third-order valence-corrected chi connectivity index (χ3v) is 14.5. The normalized spacial score (nSPS) is 18.0. The molecule has 0 radical (unpaired) electrons. The molecular weight excluding hydrogens is 909 g/mol. The van der Waals surface area contributed by atoms with Gasteiger partial charge in [0.25, 0.3) is 46.7 Å². The first-order valence-corrected chi connectivity index (χ1v) is 24.3. The quantitative estimate of drug-likeness (QED) is 0.142. The van der Waals surface area contributed by atoms with Gasteiger partial charge in [0.05, 0.1) is 44.5 Å². The van der Waals surface area contributed by atoms with Crippen molar-refractivity contribution >= 4 is 46.7 Å². The zero-order chi connectivity index (χ0) is 48.4. The van der Waals surface area contributed by atoms with Gasteiger partial charge in [-0.25, -0.2) is 0 Å². The minimum Gasteiger partial charge on any atom is -0.457 e. The number of ether oxygens (including phenoxy) is 4. The van der Waals surface area contributed by atoms with Gasteiger partial charge in [-0.3, -0.25) is 0 Å². The molecule has 0 unspecified atom stereocenters. The molecule has 0 N–H and O–H groups in total. The Labute approximate surface area is 418 Å². The Hall–Kier alpha value is -9.68. The Kier molecular flexibility index (Phi) is 7.82. The summed E-state index contributed by atoms with van der Waals surface area (Å²) in [6, 6.07) is 57.3. The highest BCUT2D eigenvalue weighted by Crippen LogP contribution is 2.49. The number of hydrogen-bond acceptors (Lipinski definition) is 8. The third-order valence-electron chi connectivity index (χ3n) is 14.5. The lowest BCUT2D eigenvalue weighted by atomic mass is 10.1. The first-order chi connectivity index (χ1) is 35.7. The first-order valence-electron chi connectivity index (χ1n) is 24.3. The van der Waals surface area contributed by atoms with Crippen LogP contribution >= 0.6 is 0 Å². The van der Waals surface area contributed by atoms with Gasteiger partial charge < -0.3 is 18.9 Å². The molecule has 16 rings (SSSR count). The molecular formula is C61H40N8O4+4. The first kappa shape index (κ1) is 40.1. The molecule has 0 saturated carbocycles. The zero-order valence-corrected chi connectivity index (χ0v) is 39.9. The molecule has 12 heteroatoms. The molecule has 1 atom stereocenters. The second-order valence-corrected chi connectivity index (χ2v) is 19.5. The monoisotopic (exact) mass is 948 g/mol. The van der Waals surface area contributed by atoms with Crippen LogP contribution in [0.3, 0.4) is 0 Å². The Morgan fingerprint density at radius 3 is 0.849 bits per heavy atom. The predicted molar refractivity (Wildman–Crippen MR) is 277 cm³/mol. The van der Waals surface area contributed by atoms with E-state index in [1.165, 1.54) is 0 Å². The molecule has 1 spiro atoms. The van der Waals surface area contributed by atoms with Gasteiger partial charge in [0.15, 0.2) is 0 Å². The zero-order valence-electron chi connectivity index (χ0n) is 39.9. The van der Waals surface area contributed by atoms with Crippen LogP contribution in [-0.2, 0) is 0 Å². The molecule has 0 aromatic heterocycles. The van der Waals surface area contributed by atoms with Crippen LogP contribution in [0, 0.1) is 27.7 Å². The van der Waals surface area contributed by atoms with E-state index >= 15 is 0 Å². The van der Waals surface area contributed by atoms with Crippen LogP contribution in [0.2, 0.25) is 0 Å². The number of aryl methyl sites for hydroxylation is 4. The van der Waals surface area contributed by atoms with E-state index < -0.39 is 5.91 Å². The number of nitrogens with zero attached hydrogens (tertiary/aromatic N) is 8. The van der Waals surface area contributed by atoms with Gasteiger partial charge in [-0.15, -0.1) is 18.3 Å². The van der Waals surface area contributed by atoms with Crippen molar-refractivity contribution in [3.63, 3.8) is 0 Å². The lowest BCUT2D eigenvalue weighted by Gasteiger charge is -2.38. The summed E-state index contributed by atoms with van der Waals surface area (Å²) in [5.41, 5.74) is 11.7. The second kappa shape index (κ2) is 14.2. The van der Waals surface area contributed by atoms with Gasteiger partial charge in [-0.2, -0.15) is 0 Å². The van der Waals surface area contributed by atoms with Crippen LogP contribution in [0.1, 0.15) is 66.8 Å². The summed E-state index contributed by atoms with van der Waals surface area (Å²) in [5.74, 6) is 10.3. The standard InChI is InChI=1S/C61H40N8O4/c1-33-9-5-13-37(25-33)70-41-17-21-45-49(29-41)57-63-55-47-23-19-42(71-38-14-6-10-34(2)26-38)30-50(47)58-64-56-48-24-20-44(73-40-16-8-12-36(4)28-40)32-52(48)60-65-59-51-31-43(72-39-15-7-11-35(3)27-39)18-22-46(51)54-62-53(45)66(57)61(67(54)59,68(55)58)69(56)60/h5-32H,1-4H3/q+4/t61-/m1/s1. The Morgan fingerprint density at radius 1 is 0.274 bits per heavy atom. The summed E-state index contributed by atoms with van der Waals surface area (Å²) < 4.78 is 35.6. The number of fused-ring (bicyclic) bond motifs is 12. The van der Waals surface area contributed by atoms with Crippen molar-refractivity contribution in [1.82, 2.24) is 0 Å². The minimum absolute atomic E-state index is 0.681. The van der Waals surface area contributed by atoms with E-state index in [0.717, 1.165) is 125 Å². The van der Waals surface area contributed by atoms with E-state index in [0.29, 0.717) is 34.7 Å². The lowest BCUT2D eigenvalue weighted by molar-refractivity contribution is -1.06. The number of rotatable bonds is 8. The van der Waals surface area contributed by atoms with E-state index in [4.69, 9.17) is 38.9 Å². The summed E-state index contributed by atoms with van der Waals surface area (Å²) >= 11 is 0. The van der Waals surface area contributed by atoms with E-state index in [-0.39, 0.29) is 0 Å². The maximum absolute atomic E-state index is 6.62. The van der Waals surface area contributed by atoms with Crippen molar-refractivity contribution < 1.29 is 37.2 Å². The number of benzene rings is 8. The van der Waals surface area contributed by atoms with Crippen molar-refractivity contribution in [2.45, 2.75) is 33.6 Å². The van der Waals surface area contributed by atoms with E-state index in [1.54, 1.807) is 0 Å². The van der Waals surface area contributed by atoms with Gasteiger partial charge >= 0.3 is 5.91 Å². The maximum Gasteiger partial charge on any atom is 0.491 e. The fourth-order valence-electron chi connectivity index (χ4n) is 11.5. The summed E-state index contributed by atoms with van der Waals surface area (Å²) in [6.45, 7) is 8.26. The number of amidine groups is 8. The Balaban J connectivity index is 0.973. The molecule has 8 aromatic rings. The highest BCUT2D eigenvalue weighted by Gasteiger charge is 2.78. The van der Waals surface area contributed by atoms with Gasteiger partial charge in [0.2, 0.25) is 0 Å². The molecule has 73 heavy (non-hydrogen) atoms. The molecule has 8 aliphatic heterocycles. The van der Waals surface area contributed by atoms with Crippen LogP contribution in [0.15, 0.2) is 190 Å². The summed E-state index contributed by atoms with van der Waals surface area (Å²) in [4.78, 5) is 22.8. The molecule has 0 saturated heterocycles. The maximum atomic E-state index is 6.62. The van der Waals surface area contributed by atoms with Gasteiger partial charge in [0, 0.05) is 0 Å². The van der Waals surface area contributed by atoms with Crippen LogP contribution < -0.4 is 18.9 Å². The van der Waals surface area contributed by atoms with E-state index in [9.17, 15) is 0 Å². The Bertz CT molecular complexity index is 4260.